The van der Waals surface area contributed by atoms with Gasteiger partial charge in [-0.2, -0.15) is 0 Å². The van der Waals surface area contributed by atoms with Crippen LogP contribution in [0.25, 0.3) is 0 Å². The van der Waals surface area contributed by atoms with Gasteiger partial charge in [-0.15, -0.1) is 0 Å². The summed E-state index contributed by atoms with van der Waals surface area (Å²) in [4.78, 5) is 13.7. The molecule has 1 fully saturated rings. The first-order chi connectivity index (χ1) is 9.17. The van der Waals surface area contributed by atoms with Crippen molar-refractivity contribution in [1.29, 1.82) is 0 Å². The van der Waals surface area contributed by atoms with Crippen LogP contribution in [0.5, 0.6) is 0 Å². The predicted molar refractivity (Wildman–Crippen MR) is 82.1 cm³/mol. The van der Waals surface area contributed by atoms with Gasteiger partial charge in [0.05, 0.1) is 5.75 Å². The number of nitrogens with two attached hydrogens (primary N) is 1. The van der Waals surface area contributed by atoms with Crippen LogP contribution in [0.3, 0.4) is 0 Å². The quantitative estimate of drug-likeness (QED) is 0.890. The number of hydrogen-bond donors (Lipinski definition) is 1. The number of halogens is 1. The van der Waals surface area contributed by atoms with Crippen LogP contribution in [0.4, 0.5) is 5.69 Å². The lowest BCUT2D eigenvalue weighted by molar-refractivity contribution is -0.117. The SMILES string of the molecule is Cc1cc(C)c(N2CC(CS(N)(=O)=O)CC2=O)cc1Br. The topological polar surface area (TPSA) is 80.5 Å². The van der Waals surface area contributed by atoms with Crippen LogP contribution in [-0.4, -0.2) is 26.6 Å². The zero-order valence-corrected chi connectivity index (χ0v) is 13.8. The zero-order chi connectivity index (χ0) is 15.1. The minimum Gasteiger partial charge on any atom is -0.312 e. The number of anilines is 1. The van der Waals surface area contributed by atoms with Crippen LogP contribution in [0.15, 0.2) is 16.6 Å². The number of carbonyl (C=O) groups is 1. The smallest absolute Gasteiger partial charge is 0.227 e. The molecule has 1 aliphatic heterocycles. The Labute approximate surface area is 127 Å². The number of rotatable bonds is 3. The van der Waals surface area contributed by atoms with E-state index in [-0.39, 0.29) is 24.0 Å². The number of amides is 1. The molecule has 0 bridgehead atoms. The van der Waals surface area contributed by atoms with Crippen LogP contribution < -0.4 is 10.0 Å². The van der Waals surface area contributed by atoms with E-state index in [4.69, 9.17) is 5.14 Å². The van der Waals surface area contributed by atoms with Crippen molar-refractivity contribution in [3.63, 3.8) is 0 Å². The highest BCUT2D eigenvalue weighted by Gasteiger charge is 2.33. The van der Waals surface area contributed by atoms with Crippen LogP contribution in [0.2, 0.25) is 0 Å². The average molecular weight is 361 g/mol. The minimum absolute atomic E-state index is 0.0579. The van der Waals surface area contributed by atoms with Crippen molar-refractivity contribution >= 4 is 37.5 Å². The number of sulfonamides is 1. The Hall–Kier alpha value is -0.920. The third-order valence-electron chi connectivity index (χ3n) is 3.44. The fourth-order valence-electron chi connectivity index (χ4n) is 2.56. The molecule has 0 spiro atoms. The molecular weight excluding hydrogens is 344 g/mol. The van der Waals surface area contributed by atoms with Crippen LogP contribution in [0, 0.1) is 19.8 Å². The van der Waals surface area contributed by atoms with Gasteiger partial charge in [-0.25, -0.2) is 13.6 Å². The van der Waals surface area contributed by atoms with Gasteiger partial charge in [0.15, 0.2) is 0 Å². The normalized spacial score (nSPS) is 19.7. The van der Waals surface area contributed by atoms with E-state index < -0.39 is 10.0 Å². The zero-order valence-electron chi connectivity index (χ0n) is 11.4. The van der Waals surface area contributed by atoms with Crippen molar-refractivity contribution in [2.75, 3.05) is 17.2 Å². The highest BCUT2D eigenvalue weighted by molar-refractivity contribution is 9.10. The van der Waals surface area contributed by atoms with Gasteiger partial charge >= 0.3 is 0 Å². The highest BCUT2D eigenvalue weighted by atomic mass is 79.9. The van der Waals surface area contributed by atoms with Gasteiger partial charge in [0, 0.05) is 29.0 Å². The summed E-state index contributed by atoms with van der Waals surface area (Å²) < 4.78 is 23.2. The van der Waals surface area contributed by atoms with Gasteiger partial charge in [0.25, 0.3) is 0 Å². The summed E-state index contributed by atoms with van der Waals surface area (Å²) in [6.45, 7) is 4.32. The fourth-order valence-corrected chi connectivity index (χ4v) is 3.77. The first-order valence-corrected chi connectivity index (χ1v) is 8.76. The summed E-state index contributed by atoms with van der Waals surface area (Å²) in [5.41, 5.74) is 2.92. The van der Waals surface area contributed by atoms with Crippen molar-refractivity contribution in [2.45, 2.75) is 20.3 Å². The van der Waals surface area contributed by atoms with E-state index in [1.165, 1.54) is 0 Å². The maximum Gasteiger partial charge on any atom is 0.227 e. The lowest BCUT2D eigenvalue weighted by atomic mass is 10.1. The highest BCUT2D eigenvalue weighted by Crippen LogP contribution is 2.32. The minimum atomic E-state index is -3.55. The van der Waals surface area contributed by atoms with Gasteiger partial charge in [-0.3, -0.25) is 4.79 Å². The summed E-state index contributed by atoms with van der Waals surface area (Å²) >= 11 is 3.46. The summed E-state index contributed by atoms with van der Waals surface area (Å²) in [5, 5.41) is 5.05. The number of carbonyl (C=O) groups excluding carboxylic acids is 1. The Bertz CT molecular complexity index is 658. The maximum absolute atomic E-state index is 12.1. The van der Waals surface area contributed by atoms with Gasteiger partial charge in [0.2, 0.25) is 15.9 Å². The molecular formula is C13H17BrN2O3S. The fraction of sp³-hybridized carbons (Fsp3) is 0.462. The number of aryl methyl sites for hydroxylation is 2. The molecule has 5 nitrogen and oxygen atoms in total. The number of nitrogens with zero attached hydrogens (tertiary/aromatic N) is 1. The number of primary sulfonamides is 1. The number of hydrogen-bond acceptors (Lipinski definition) is 3. The molecule has 1 aliphatic rings. The molecule has 1 amide bonds. The summed E-state index contributed by atoms with van der Waals surface area (Å²) in [6, 6.07) is 3.90. The molecule has 0 aromatic heterocycles. The second-order valence-electron chi connectivity index (χ2n) is 5.29. The summed E-state index contributed by atoms with van der Waals surface area (Å²) in [6.07, 6.45) is 0.224. The second kappa shape index (κ2) is 5.46. The summed E-state index contributed by atoms with van der Waals surface area (Å²) in [7, 11) is -3.55. The first kappa shape index (κ1) is 15.5. The lowest BCUT2D eigenvalue weighted by Gasteiger charge is -2.20. The molecule has 110 valence electrons. The number of benzene rings is 1. The van der Waals surface area contributed by atoms with Crippen molar-refractivity contribution in [1.82, 2.24) is 0 Å². The van der Waals surface area contributed by atoms with Gasteiger partial charge in [0.1, 0.15) is 0 Å². The lowest BCUT2D eigenvalue weighted by Crippen LogP contribution is -2.28. The molecule has 2 rings (SSSR count). The monoisotopic (exact) mass is 360 g/mol. The molecule has 1 heterocycles. The molecule has 0 radical (unpaired) electrons. The Morgan fingerprint density at radius 1 is 1.35 bits per heavy atom. The molecule has 1 saturated heterocycles. The second-order valence-corrected chi connectivity index (χ2v) is 7.81. The van der Waals surface area contributed by atoms with E-state index in [1.54, 1.807) is 4.90 Å². The van der Waals surface area contributed by atoms with E-state index in [9.17, 15) is 13.2 Å². The van der Waals surface area contributed by atoms with Crippen molar-refractivity contribution in [2.24, 2.45) is 11.1 Å². The van der Waals surface area contributed by atoms with E-state index in [1.807, 2.05) is 26.0 Å². The van der Waals surface area contributed by atoms with Gasteiger partial charge in [-0.1, -0.05) is 22.0 Å². The summed E-state index contributed by atoms with van der Waals surface area (Å²) in [5.74, 6) is -0.448. The molecule has 20 heavy (non-hydrogen) atoms. The average Bonchev–Trinajstić information content (AvgIpc) is 2.62. The van der Waals surface area contributed by atoms with E-state index in [0.717, 1.165) is 21.3 Å². The largest absolute Gasteiger partial charge is 0.312 e. The Balaban J connectivity index is 2.26. The van der Waals surface area contributed by atoms with Gasteiger partial charge in [-0.05, 0) is 31.0 Å². The molecule has 1 unspecified atom stereocenters. The van der Waals surface area contributed by atoms with Crippen LogP contribution in [0.1, 0.15) is 17.5 Å². The van der Waals surface area contributed by atoms with Crippen LogP contribution in [-0.2, 0) is 14.8 Å². The molecule has 1 aromatic carbocycles. The molecule has 7 heteroatoms. The van der Waals surface area contributed by atoms with Crippen molar-refractivity contribution < 1.29 is 13.2 Å². The Morgan fingerprint density at radius 2 is 2.00 bits per heavy atom. The first-order valence-electron chi connectivity index (χ1n) is 6.25. The molecule has 2 N–H and O–H groups in total. The molecule has 1 aromatic rings. The van der Waals surface area contributed by atoms with Crippen LogP contribution >= 0.6 is 15.9 Å². The van der Waals surface area contributed by atoms with Crippen molar-refractivity contribution in [3.8, 4) is 0 Å². The molecule has 1 atom stereocenters. The Morgan fingerprint density at radius 3 is 2.60 bits per heavy atom. The van der Waals surface area contributed by atoms with Crippen molar-refractivity contribution in [3.05, 3.63) is 27.7 Å². The third kappa shape index (κ3) is 3.39. The maximum atomic E-state index is 12.1. The van der Waals surface area contributed by atoms with E-state index >= 15 is 0 Å². The predicted octanol–water partition coefficient (Wildman–Crippen LogP) is 1.71. The standard InChI is InChI=1S/C13H17BrN2O3S/c1-8-3-9(2)12(5-11(8)14)16-6-10(4-13(16)17)7-20(15,18)19/h3,5,10H,4,6-7H2,1-2H3,(H2,15,18,19). The molecule has 0 saturated carbocycles. The van der Waals surface area contributed by atoms with E-state index in [0.29, 0.717) is 6.54 Å². The Kier molecular flexibility index (Phi) is 4.22. The van der Waals surface area contributed by atoms with Gasteiger partial charge < -0.3 is 4.90 Å². The molecule has 0 aliphatic carbocycles. The van der Waals surface area contributed by atoms with E-state index in [2.05, 4.69) is 15.9 Å². The third-order valence-corrected chi connectivity index (χ3v) is 5.23.